The maximum atomic E-state index is 14.3. The van der Waals surface area contributed by atoms with Crippen molar-refractivity contribution in [1.29, 1.82) is 0 Å². The Morgan fingerprint density at radius 1 is 1.36 bits per heavy atom. The highest BCUT2D eigenvalue weighted by atomic mass is 19.1. The zero-order valence-electron chi connectivity index (χ0n) is 13.1. The number of halogens is 1. The molecule has 1 heterocycles. The Kier molecular flexibility index (Phi) is 4.13. The molecule has 22 heavy (non-hydrogen) atoms. The molecule has 6 heteroatoms. The monoisotopic (exact) mass is 309 g/mol. The van der Waals surface area contributed by atoms with Crippen molar-refractivity contribution in [3.8, 4) is 5.75 Å². The van der Waals surface area contributed by atoms with Crippen molar-refractivity contribution in [1.82, 2.24) is 4.90 Å². The predicted octanol–water partition coefficient (Wildman–Crippen LogP) is 2.68. The van der Waals surface area contributed by atoms with Gasteiger partial charge < -0.3 is 14.7 Å². The highest BCUT2D eigenvalue weighted by molar-refractivity contribution is 5.88. The first kappa shape index (κ1) is 16.3. The van der Waals surface area contributed by atoms with E-state index in [1.54, 1.807) is 25.7 Å². The minimum atomic E-state index is -1.22. The lowest BCUT2D eigenvalue weighted by Crippen LogP contribution is -2.45. The summed E-state index contributed by atoms with van der Waals surface area (Å²) in [5.74, 6) is -1.80. The van der Waals surface area contributed by atoms with Gasteiger partial charge in [0.15, 0.2) is 0 Å². The third-order valence-electron chi connectivity index (χ3n) is 3.64. The number of hydrogen-bond acceptors (Lipinski definition) is 3. The second kappa shape index (κ2) is 5.59. The Labute approximate surface area is 128 Å². The quantitative estimate of drug-likeness (QED) is 0.866. The van der Waals surface area contributed by atoms with Crippen LogP contribution in [0.15, 0.2) is 12.1 Å². The molecular formula is C16H20FNO4. The smallest absolute Gasteiger partial charge is 0.335 e. The molecule has 0 saturated heterocycles. The Balaban J connectivity index is 2.44. The number of nitrogens with zero attached hydrogens (tertiary/aromatic N) is 1. The summed E-state index contributed by atoms with van der Waals surface area (Å²) < 4.78 is 19.8. The number of rotatable bonds is 1. The predicted molar refractivity (Wildman–Crippen MR) is 78.3 cm³/mol. The Hall–Kier alpha value is -2.11. The zero-order chi connectivity index (χ0) is 16.7. The molecule has 1 aliphatic rings. The number of benzene rings is 1. The first-order valence-corrected chi connectivity index (χ1v) is 7.11. The van der Waals surface area contributed by atoms with Crippen molar-refractivity contribution in [2.45, 2.75) is 40.3 Å². The largest absolute Gasteiger partial charge is 0.491 e. The average molecular weight is 309 g/mol. The number of fused-ring (bicyclic) bond motifs is 1. The van der Waals surface area contributed by atoms with Gasteiger partial charge in [0.1, 0.15) is 18.2 Å². The summed E-state index contributed by atoms with van der Waals surface area (Å²) in [4.78, 5) is 25.1. The first-order chi connectivity index (χ1) is 10.1. The fourth-order valence-corrected chi connectivity index (χ4v) is 2.35. The molecular weight excluding hydrogens is 289 g/mol. The third kappa shape index (κ3) is 3.05. The van der Waals surface area contributed by atoms with Crippen LogP contribution in [-0.2, 0) is 11.3 Å². The molecule has 120 valence electrons. The van der Waals surface area contributed by atoms with Gasteiger partial charge in [0, 0.05) is 11.0 Å². The number of aromatic carboxylic acids is 1. The molecule has 0 bridgehead atoms. The van der Waals surface area contributed by atoms with Crippen LogP contribution < -0.4 is 4.74 Å². The lowest BCUT2D eigenvalue weighted by Gasteiger charge is -2.32. The van der Waals surface area contributed by atoms with Crippen LogP contribution in [0.4, 0.5) is 4.39 Å². The Morgan fingerprint density at radius 3 is 2.55 bits per heavy atom. The van der Waals surface area contributed by atoms with Crippen LogP contribution >= 0.6 is 0 Å². The van der Waals surface area contributed by atoms with Gasteiger partial charge in [-0.1, -0.05) is 20.8 Å². The van der Waals surface area contributed by atoms with Crippen molar-refractivity contribution in [2.24, 2.45) is 5.41 Å². The van der Waals surface area contributed by atoms with Gasteiger partial charge in [-0.15, -0.1) is 0 Å². The molecule has 5 nitrogen and oxygen atoms in total. The van der Waals surface area contributed by atoms with E-state index < -0.39 is 17.2 Å². The van der Waals surface area contributed by atoms with E-state index in [9.17, 15) is 14.0 Å². The van der Waals surface area contributed by atoms with E-state index in [1.165, 1.54) is 6.07 Å². The number of amides is 1. The molecule has 0 aliphatic carbocycles. The maximum absolute atomic E-state index is 14.3. The maximum Gasteiger partial charge on any atom is 0.335 e. The minimum absolute atomic E-state index is 0.0678. The molecule has 1 unspecified atom stereocenters. The van der Waals surface area contributed by atoms with Crippen LogP contribution in [0.2, 0.25) is 0 Å². The Bertz CT molecular complexity index is 621. The molecule has 1 aromatic rings. The normalized spacial score (nSPS) is 18.2. The van der Waals surface area contributed by atoms with Crippen LogP contribution in [0.1, 0.15) is 43.6 Å². The minimum Gasteiger partial charge on any atom is -0.491 e. The number of carbonyl (C=O) groups is 2. The summed E-state index contributed by atoms with van der Waals surface area (Å²) in [5.41, 5.74) is -0.539. The van der Waals surface area contributed by atoms with Gasteiger partial charge in [-0.25, -0.2) is 9.18 Å². The van der Waals surface area contributed by atoms with E-state index in [0.29, 0.717) is 0 Å². The lowest BCUT2D eigenvalue weighted by atomic mass is 9.93. The fourth-order valence-electron chi connectivity index (χ4n) is 2.35. The van der Waals surface area contributed by atoms with E-state index in [1.807, 2.05) is 6.92 Å². The first-order valence-electron chi connectivity index (χ1n) is 7.11. The molecule has 0 fully saturated rings. The van der Waals surface area contributed by atoms with E-state index in [2.05, 4.69) is 0 Å². The number of hydrogen-bond donors (Lipinski definition) is 1. The van der Waals surface area contributed by atoms with E-state index >= 15 is 0 Å². The second-order valence-electron chi connectivity index (χ2n) is 6.58. The highest BCUT2D eigenvalue weighted by Crippen LogP contribution is 2.31. The van der Waals surface area contributed by atoms with E-state index in [0.717, 1.165) is 6.07 Å². The summed E-state index contributed by atoms with van der Waals surface area (Å²) in [6.07, 6.45) is 0. The van der Waals surface area contributed by atoms with Crippen molar-refractivity contribution in [2.75, 3.05) is 6.61 Å². The molecule has 1 N–H and O–H groups in total. The van der Waals surface area contributed by atoms with Gasteiger partial charge in [0.2, 0.25) is 5.91 Å². The molecule has 0 spiro atoms. The topological polar surface area (TPSA) is 66.8 Å². The van der Waals surface area contributed by atoms with Crippen molar-refractivity contribution in [3.63, 3.8) is 0 Å². The second-order valence-corrected chi connectivity index (χ2v) is 6.58. The van der Waals surface area contributed by atoms with E-state index in [-0.39, 0.29) is 42.0 Å². The SMILES string of the molecule is CC1COc2cc(C(=O)O)cc(F)c2CN1C(=O)C(C)(C)C. The van der Waals surface area contributed by atoms with Gasteiger partial charge in [-0.2, -0.15) is 0 Å². The molecule has 0 aromatic heterocycles. The van der Waals surface area contributed by atoms with Crippen LogP contribution in [0.25, 0.3) is 0 Å². The van der Waals surface area contributed by atoms with Gasteiger partial charge >= 0.3 is 5.97 Å². The number of carboxylic acid groups (broad SMARTS) is 1. The van der Waals surface area contributed by atoms with Crippen LogP contribution in [0.3, 0.4) is 0 Å². The number of carboxylic acids is 1. The molecule has 0 saturated carbocycles. The molecule has 0 radical (unpaired) electrons. The van der Waals surface area contributed by atoms with Gasteiger partial charge in [-0.05, 0) is 19.1 Å². The summed E-state index contributed by atoms with van der Waals surface area (Å²) in [6.45, 7) is 7.50. The number of carbonyl (C=O) groups excluding carboxylic acids is 1. The highest BCUT2D eigenvalue weighted by Gasteiger charge is 2.34. The summed E-state index contributed by atoms with van der Waals surface area (Å²) in [5, 5.41) is 8.99. The van der Waals surface area contributed by atoms with Crippen molar-refractivity contribution < 1.29 is 23.8 Å². The number of ether oxygens (including phenoxy) is 1. The molecule has 1 amide bonds. The van der Waals surface area contributed by atoms with Crippen molar-refractivity contribution in [3.05, 3.63) is 29.1 Å². The summed E-state index contributed by atoms with van der Waals surface area (Å²) in [7, 11) is 0. The lowest BCUT2D eigenvalue weighted by molar-refractivity contribution is -0.142. The summed E-state index contributed by atoms with van der Waals surface area (Å²) >= 11 is 0. The van der Waals surface area contributed by atoms with Crippen LogP contribution in [0, 0.1) is 11.2 Å². The van der Waals surface area contributed by atoms with Crippen molar-refractivity contribution >= 4 is 11.9 Å². The van der Waals surface area contributed by atoms with Gasteiger partial charge in [-0.3, -0.25) is 4.79 Å². The Morgan fingerprint density at radius 2 is 2.00 bits per heavy atom. The van der Waals surface area contributed by atoms with Crippen LogP contribution in [-0.4, -0.2) is 34.5 Å². The third-order valence-corrected chi connectivity index (χ3v) is 3.64. The molecule has 1 atom stereocenters. The summed E-state index contributed by atoms with van der Waals surface area (Å²) in [6, 6.07) is 2.03. The molecule has 1 aliphatic heterocycles. The molecule has 2 rings (SSSR count). The zero-order valence-corrected chi connectivity index (χ0v) is 13.1. The van der Waals surface area contributed by atoms with Gasteiger partial charge in [0.05, 0.1) is 18.2 Å². The molecule has 1 aromatic carbocycles. The van der Waals surface area contributed by atoms with E-state index in [4.69, 9.17) is 9.84 Å². The fraction of sp³-hybridized carbons (Fsp3) is 0.500. The average Bonchev–Trinajstić information content (AvgIpc) is 2.57. The van der Waals surface area contributed by atoms with Crippen LogP contribution in [0.5, 0.6) is 5.75 Å². The standard InChI is InChI=1S/C16H20FNO4/c1-9-8-22-13-6-10(14(19)20)5-12(17)11(13)7-18(9)15(21)16(2,3)4/h5-6,9H,7-8H2,1-4H3,(H,19,20). The van der Waals surface area contributed by atoms with Gasteiger partial charge in [0.25, 0.3) is 0 Å².